The number of benzene rings is 1. The predicted molar refractivity (Wildman–Crippen MR) is 76.3 cm³/mol. The topological polar surface area (TPSA) is 64.3 Å². The van der Waals surface area contributed by atoms with Crippen LogP contribution in [-0.2, 0) is 13.5 Å². The summed E-state index contributed by atoms with van der Waals surface area (Å²) in [6.45, 7) is 3.90. The lowest BCUT2D eigenvalue weighted by Crippen LogP contribution is -2.00. The Morgan fingerprint density at radius 3 is 2.70 bits per heavy atom. The van der Waals surface area contributed by atoms with E-state index >= 15 is 0 Å². The van der Waals surface area contributed by atoms with Crippen LogP contribution in [0.1, 0.15) is 28.7 Å². The fraction of sp³-hybridized carbons (Fsp3) is 0.333. The summed E-state index contributed by atoms with van der Waals surface area (Å²) >= 11 is 0. The van der Waals surface area contributed by atoms with E-state index in [1.807, 2.05) is 32.0 Å². The maximum atomic E-state index is 11.3. The monoisotopic (exact) mass is 274 g/mol. The van der Waals surface area contributed by atoms with Gasteiger partial charge in [0.05, 0.1) is 7.11 Å². The van der Waals surface area contributed by atoms with Crippen LogP contribution in [0.2, 0.25) is 0 Å². The van der Waals surface area contributed by atoms with Gasteiger partial charge in [0.15, 0.2) is 5.69 Å². The second kappa shape index (κ2) is 5.36. The molecule has 0 atom stereocenters. The highest BCUT2D eigenvalue weighted by Gasteiger charge is 2.20. The third-order valence-corrected chi connectivity index (χ3v) is 3.49. The zero-order chi connectivity index (χ0) is 14.9. The molecule has 1 N–H and O–H groups in total. The van der Waals surface area contributed by atoms with Crippen molar-refractivity contribution in [3.63, 3.8) is 0 Å². The van der Waals surface area contributed by atoms with Crippen molar-refractivity contribution >= 4 is 5.97 Å². The standard InChI is InChI=1S/C15H18N2O3/c1-5-10-8-11(6-7-12(10)20-4)13-9(2)17(3)16-14(13)15(18)19/h6-8H,5H2,1-4H3,(H,18,19). The summed E-state index contributed by atoms with van der Waals surface area (Å²) < 4.78 is 6.89. The van der Waals surface area contributed by atoms with E-state index in [0.29, 0.717) is 5.56 Å². The number of carboxylic acids is 1. The van der Waals surface area contributed by atoms with Gasteiger partial charge < -0.3 is 9.84 Å². The number of hydrogen-bond donors (Lipinski definition) is 1. The van der Waals surface area contributed by atoms with Gasteiger partial charge in [0.1, 0.15) is 5.75 Å². The average molecular weight is 274 g/mol. The maximum Gasteiger partial charge on any atom is 0.357 e. The summed E-state index contributed by atoms with van der Waals surface area (Å²) in [5.41, 5.74) is 3.47. The van der Waals surface area contributed by atoms with Crippen LogP contribution in [0, 0.1) is 6.92 Å². The highest BCUT2D eigenvalue weighted by atomic mass is 16.5. The molecular weight excluding hydrogens is 256 g/mol. The Morgan fingerprint density at radius 2 is 2.15 bits per heavy atom. The summed E-state index contributed by atoms with van der Waals surface area (Å²) in [6, 6.07) is 5.70. The summed E-state index contributed by atoms with van der Waals surface area (Å²) in [5, 5.41) is 13.4. The molecule has 2 aromatic rings. The molecule has 1 heterocycles. The fourth-order valence-electron chi connectivity index (χ4n) is 2.31. The van der Waals surface area contributed by atoms with Crippen molar-refractivity contribution < 1.29 is 14.6 Å². The van der Waals surface area contributed by atoms with E-state index in [-0.39, 0.29) is 5.69 Å². The number of aromatic nitrogens is 2. The Labute approximate surface area is 117 Å². The first kappa shape index (κ1) is 14.1. The number of carboxylic acid groups (broad SMARTS) is 1. The van der Waals surface area contributed by atoms with Crippen LogP contribution >= 0.6 is 0 Å². The van der Waals surface area contributed by atoms with E-state index in [0.717, 1.165) is 29.0 Å². The van der Waals surface area contributed by atoms with Gasteiger partial charge in [0.2, 0.25) is 0 Å². The minimum Gasteiger partial charge on any atom is -0.496 e. The Morgan fingerprint density at radius 1 is 1.45 bits per heavy atom. The van der Waals surface area contributed by atoms with E-state index < -0.39 is 5.97 Å². The smallest absolute Gasteiger partial charge is 0.357 e. The molecule has 0 bridgehead atoms. The molecule has 0 radical (unpaired) electrons. The van der Waals surface area contributed by atoms with E-state index in [4.69, 9.17) is 4.74 Å². The van der Waals surface area contributed by atoms with Gasteiger partial charge >= 0.3 is 5.97 Å². The maximum absolute atomic E-state index is 11.3. The predicted octanol–water partition coefficient (Wildman–Crippen LogP) is 2.66. The van der Waals surface area contributed by atoms with Crippen LogP contribution in [0.4, 0.5) is 0 Å². The zero-order valence-corrected chi connectivity index (χ0v) is 12.1. The van der Waals surface area contributed by atoms with Gasteiger partial charge in [-0.25, -0.2) is 4.79 Å². The van der Waals surface area contributed by atoms with E-state index in [1.165, 1.54) is 0 Å². The first-order valence-corrected chi connectivity index (χ1v) is 6.43. The van der Waals surface area contributed by atoms with Gasteiger partial charge in [-0.15, -0.1) is 0 Å². The van der Waals surface area contributed by atoms with Crippen LogP contribution in [0.3, 0.4) is 0 Å². The number of hydrogen-bond acceptors (Lipinski definition) is 3. The lowest BCUT2D eigenvalue weighted by molar-refractivity contribution is 0.0690. The molecule has 106 valence electrons. The van der Waals surface area contributed by atoms with E-state index in [2.05, 4.69) is 5.10 Å². The van der Waals surface area contributed by atoms with Gasteiger partial charge in [-0.1, -0.05) is 13.0 Å². The van der Waals surface area contributed by atoms with Crippen LogP contribution in [0.15, 0.2) is 18.2 Å². The normalized spacial score (nSPS) is 10.6. The number of aryl methyl sites for hydroxylation is 2. The highest BCUT2D eigenvalue weighted by Crippen LogP contribution is 2.31. The summed E-state index contributed by atoms with van der Waals surface area (Å²) in [5.74, 6) is -0.202. The quantitative estimate of drug-likeness (QED) is 0.931. The molecule has 5 heteroatoms. The summed E-state index contributed by atoms with van der Waals surface area (Å²) in [4.78, 5) is 11.3. The van der Waals surface area contributed by atoms with Crippen molar-refractivity contribution in [2.24, 2.45) is 7.05 Å². The SMILES string of the molecule is CCc1cc(-c2c(C(=O)O)nn(C)c2C)ccc1OC. The molecular formula is C15H18N2O3. The van der Waals surface area contributed by atoms with Crippen molar-refractivity contribution in [3.8, 4) is 16.9 Å². The molecule has 0 saturated carbocycles. The van der Waals surface area contributed by atoms with Gasteiger partial charge in [-0.3, -0.25) is 4.68 Å². The first-order chi connectivity index (χ1) is 9.49. The molecule has 0 aliphatic heterocycles. The van der Waals surface area contributed by atoms with Crippen molar-refractivity contribution in [1.82, 2.24) is 9.78 Å². The Hall–Kier alpha value is -2.30. The number of nitrogens with zero attached hydrogens (tertiary/aromatic N) is 2. The third-order valence-electron chi connectivity index (χ3n) is 3.49. The Kier molecular flexibility index (Phi) is 3.79. The number of methoxy groups -OCH3 is 1. The van der Waals surface area contributed by atoms with Crippen LogP contribution in [0.25, 0.3) is 11.1 Å². The van der Waals surface area contributed by atoms with Gasteiger partial charge in [-0.2, -0.15) is 5.10 Å². The Balaban J connectivity index is 2.65. The van der Waals surface area contributed by atoms with Crippen LogP contribution in [-0.4, -0.2) is 28.0 Å². The largest absolute Gasteiger partial charge is 0.496 e. The molecule has 20 heavy (non-hydrogen) atoms. The van der Waals surface area contributed by atoms with E-state index in [1.54, 1.807) is 18.8 Å². The summed E-state index contributed by atoms with van der Waals surface area (Å²) in [7, 11) is 3.38. The zero-order valence-electron chi connectivity index (χ0n) is 12.1. The minimum absolute atomic E-state index is 0.0808. The van der Waals surface area contributed by atoms with Crippen molar-refractivity contribution in [2.45, 2.75) is 20.3 Å². The first-order valence-electron chi connectivity index (χ1n) is 6.43. The lowest BCUT2D eigenvalue weighted by Gasteiger charge is -2.09. The molecule has 0 fully saturated rings. The van der Waals surface area contributed by atoms with Crippen molar-refractivity contribution in [2.75, 3.05) is 7.11 Å². The third kappa shape index (κ3) is 2.27. The molecule has 2 rings (SSSR count). The highest BCUT2D eigenvalue weighted by molar-refractivity contribution is 5.95. The molecule has 0 saturated heterocycles. The average Bonchev–Trinajstić information content (AvgIpc) is 2.74. The van der Waals surface area contributed by atoms with Crippen molar-refractivity contribution in [3.05, 3.63) is 35.2 Å². The molecule has 1 aromatic heterocycles. The number of ether oxygens (including phenoxy) is 1. The van der Waals surface area contributed by atoms with Crippen LogP contribution < -0.4 is 4.74 Å². The second-order valence-electron chi connectivity index (χ2n) is 4.62. The van der Waals surface area contributed by atoms with Gasteiger partial charge in [0, 0.05) is 18.3 Å². The molecule has 5 nitrogen and oxygen atoms in total. The summed E-state index contributed by atoms with van der Waals surface area (Å²) in [6.07, 6.45) is 0.818. The molecule has 0 aliphatic rings. The number of carbonyl (C=O) groups is 1. The number of rotatable bonds is 4. The van der Waals surface area contributed by atoms with Crippen LogP contribution in [0.5, 0.6) is 5.75 Å². The molecule has 0 unspecified atom stereocenters. The fourth-order valence-corrected chi connectivity index (χ4v) is 2.31. The van der Waals surface area contributed by atoms with Crippen molar-refractivity contribution in [1.29, 1.82) is 0 Å². The second-order valence-corrected chi connectivity index (χ2v) is 4.62. The molecule has 0 aliphatic carbocycles. The minimum atomic E-state index is -1.02. The Bertz CT molecular complexity index is 659. The van der Waals surface area contributed by atoms with Gasteiger partial charge in [0.25, 0.3) is 0 Å². The molecule has 0 spiro atoms. The molecule has 0 amide bonds. The lowest BCUT2D eigenvalue weighted by atomic mass is 9.99. The number of aromatic carboxylic acids is 1. The van der Waals surface area contributed by atoms with E-state index in [9.17, 15) is 9.90 Å². The molecule has 1 aromatic carbocycles. The van der Waals surface area contributed by atoms with Gasteiger partial charge in [-0.05, 0) is 36.6 Å².